The largest absolute Gasteiger partial charge is 0.378 e. The number of hydrogen-bond donors (Lipinski definition) is 0. The average molecular weight is 262 g/mol. The second-order valence-electron chi connectivity index (χ2n) is 6.46. The van der Waals surface area contributed by atoms with E-state index in [2.05, 4.69) is 19.0 Å². The minimum Gasteiger partial charge on any atom is -0.378 e. The van der Waals surface area contributed by atoms with Gasteiger partial charge in [0.2, 0.25) is 0 Å². The smallest absolute Gasteiger partial charge is 0.172 e. The van der Waals surface area contributed by atoms with Gasteiger partial charge in [-0.05, 0) is 6.92 Å². The average Bonchev–Trinajstić information content (AvgIpc) is 2.49. The Morgan fingerprint density at radius 1 is 0.895 bits per heavy atom. The third-order valence-corrected chi connectivity index (χ3v) is 5.16. The van der Waals surface area contributed by atoms with Crippen molar-refractivity contribution in [1.82, 2.24) is 0 Å². The van der Waals surface area contributed by atoms with Gasteiger partial charge in [0.25, 0.3) is 0 Å². The van der Waals surface area contributed by atoms with E-state index in [0.717, 1.165) is 31.6 Å². The molecule has 1 nitrogen and oxygen atoms in total. The molecule has 19 heavy (non-hydrogen) atoms. The molecule has 0 saturated heterocycles. The van der Waals surface area contributed by atoms with E-state index >= 15 is 0 Å². The van der Waals surface area contributed by atoms with E-state index in [1.165, 1.54) is 64.2 Å². The molecule has 0 aromatic rings. The molecule has 0 aromatic carbocycles. The molecule has 0 bridgehead atoms. The van der Waals surface area contributed by atoms with E-state index in [-0.39, 0.29) is 0 Å². The van der Waals surface area contributed by atoms with Gasteiger partial charge in [0.05, 0.1) is 6.61 Å². The van der Waals surface area contributed by atoms with Crippen molar-refractivity contribution in [1.29, 1.82) is 0 Å². The van der Waals surface area contributed by atoms with E-state index in [1.807, 2.05) is 0 Å². The zero-order chi connectivity index (χ0) is 13.3. The molecule has 0 amide bonds. The summed E-state index contributed by atoms with van der Waals surface area (Å²) in [5.74, 6) is 4.46. The van der Waals surface area contributed by atoms with Gasteiger partial charge >= 0.3 is 0 Å². The van der Waals surface area contributed by atoms with Crippen LogP contribution in [-0.2, 0) is 4.74 Å². The molecular formula is C17H31BO. The second-order valence-corrected chi connectivity index (χ2v) is 6.46. The van der Waals surface area contributed by atoms with Crippen LogP contribution in [0.2, 0.25) is 11.6 Å². The zero-order valence-corrected chi connectivity index (χ0v) is 12.8. The van der Waals surface area contributed by atoms with Crippen molar-refractivity contribution in [3.8, 4) is 0 Å². The first-order valence-electron chi connectivity index (χ1n) is 8.66. The van der Waals surface area contributed by atoms with E-state index < -0.39 is 0 Å². The summed E-state index contributed by atoms with van der Waals surface area (Å²) in [7, 11) is 0. The first-order chi connectivity index (χ1) is 9.42. The quantitative estimate of drug-likeness (QED) is 0.467. The molecule has 108 valence electrons. The van der Waals surface area contributed by atoms with Gasteiger partial charge < -0.3 is 4.74 Å². The van der Waals surface area contributed by atoms with Crippen LogP contribution in [-0.4, -0.2) is 19.9 Å². The molecule has 0 heterocycles. The molecule has 0 aromatic heterocycles. The third-order valence-electron chi connectivity index (χ3n) is 5.16. The van der Waals surface area contributed by atoms with Crippen molar-refractivity contribution in [3.05, 3.63) is 12.1 Å². The molecule has 0 spiro atoms. The fourth-order valence-corrected chi connectivity index (χ4v) is 4.14. The molecule has 2 rings (SSSR count). The molecule has 0 atom stereocenters. The van der Waals surface area contributed by atoms with Crippen molar-refractivity contribution < 1.29 is 4.74 Å². The normalized spacial score (nSPS) is 23.0. The first kappa shape index (κ1) is 15.2. The lowest BCUT2D eigenvalue weighted by atomic mass is 9.30. The molecule has 0 unspecified atom stereocenters. The van der Waals surface area contributed by atoms with Crippen molar-refractivity contribution in [2.75, 3.05) is 13.2 Å². The highest BCUT2D eigenvalue weighted by Gasteiger charge is 2.32. The Labute approximate surface area is 120 Å². The molecule has 0 radical (unpaired) electrons. The summed E-state index contributed by atoms with van der Waals surface area (Å²) in [6.45, 7) is 4.57. The van der Waals surface area contributed by atoms with Crippen molar-refractivity contribution in [3.63, 3.8) is 0 Å². The zero-order valence-electron chi connectivity index (χ0n) is 12.8. The lowest BCUT2D eigenvalue weighted by molar-refractivity contribution is 0.177. The summed E-state index contributed by atoms with van der Waals surface area (Å²) in [5.41, 5.74) is 0. The van der Waals surface area contributed by atoms with Crippen molar-refractivity contribution in [2.24, 2.45) is 0 Å². The van der Waals surface area contributed by atoms with Gasteiger partial charge in [-0.15, -0.1) is 5.98 Å². The van der Waals surface area contributed by atoms with Crippen LogP contribution in [0.5, 0.6) is 0 Å². The van der Waals surface area contributed by atoms with Crippen molar-refractivity contribution >= 4 is 6.71 Å². The monoisotopic (exact) mass is 262 g/mol. The Morgan fingerprint density at radius 2 is 1.42 bits per heavy atom. The predicted molar refractivity (Wildman–Crippen MR) is 85.1 cm³/mol. The number of rotatable bonds is 6. The Hall–Kier alpha value is -0.235. The van der Waals surface area contributed by atoms with Crippen LogP contribution in [0, 0.1) is 0 Å². The Bertz CT molecular complexity index is 234. The molecule has 2 fully saturated rings. The van der Waals surface area contributed by atoms with Crippen LogP contribution in [0.3, 0.4) is 0 Å². The summed E-state index contributed by atoms with van der Waals surface area (Å²) in [6.07, 6.45) is 17.0. The van der Waals surface area contributed by atoms with Gasteiger partial charge in [-0.25, -0.2) is 0 Å². The molecule has 0 N–H and O–H groups in total. The highest BCUT2D eigenvalue weighted by Crippen LogP contribution is 2.41. The molecule has 2 aliphatic carbocycles. The summed E-state index contributed by atoms with van der Waals surface area (Å²) < 4.78 is 5.47. The fourth-order valence-electron chi connectivity index (χ4n) is 4.14. The SMILES string of the molecule is CCOC/C=C/B(C1CCCCC1)C1CCCCC1. The van der Waals surface area contributed by atoms with E-state index in [4.69, 9.17) is 4.74 Å². The van der Waals surface area contributed by atoms with Gasteiger partial charge in [-0.1, -0.05) is 81.9 Å². The first-order valence-corrected chi connectivity index (χ1v) is 8.66. The van der Waals surface area contributed by atoms with E-state index in [9.17, 15) is 0 Å². The predicted octanol–water partition coefficient (Wildman–Crippen LogP) is 5.28. The maximum absolute atomic E-state index is 5.47. The maximum atomic E-state index is 5.47. The van der Waals surface area contributed by atoms with Crippen LogP contribution < -0.4 is 0 Å². The topological polar surface area (TPSA) is 9.23 Å². The summed E-state index contributed by atoms with van der Waals surface area (Å²) >= 11 is 0. The fraction of sp³-hybridized carbons (Fsp3) is 0.882. The third kappa shape index (κ3) is 4.98. The molecule has 2 aliphatic rings. The Balaban J connectivity index is 1.92. The van der Waals surface area contributed by atoms with Crippen molar-refractivity contribution in [2.45, 2.75) is 82.8 Å². The van der Waals surface area contributed by atoms with Gasteiger partial charge in [0.1, 0.15) is 0 Å². The minimum absolute atomic E-state index is 0.812. The van der Waals surface area contributed by atoms with Crippen LogP contribution in [0.15, 0.2) is 12.1 Å². The lowest BCUT2D eigenvalue weighted by Gasteiger charge is -2.34. The van der Waals surface area contributed by atoms with Gasteiger partial charge in [0.15, 0.2) is 6.71 Å². The summed E-state index contributed by atoms with van der Waals surface area (Å²) in [6, 6.07) is 0. The molecular weight excluding hydrogens is 231 g/mol. The summed E-state index contributed by atoms with van der Waals surface area (Å²) in [4.78, 5) is 0. The van der Waals surface area contributed by atoms with Crippen LogP contribution in [0.25, 0.3) is 0 Å². The number of ether oxygens (including phenoxy) is 1. The number of hydrogen-bond acceptors (Lipinski definition) is 1. The van der Waals surface area contributed by atoms with Crippen LogP contribution >= 0.6 is 0 Å². The summed E-state index contributed by atoms with van der Waals surface area (Å²) in [5, 5.41) is 0. The minimum atomic E-state index is 0.812. The molecule has 2 saturated carbocycles. The van der Waals surface area contributed by atoms with E-state index in [1.54, 1.807) is 0 Å². The highest BCUT2D eigenvalue weighted by atomic mass is 16.5. The molecule has 2 heteroatoms. The van der Waals surface area contributed by atoms with Gasteiger partial charge in [-0.3, -0.25) is 0 Å². The van der Waals surface area contributed by atoms with Crippen LogP contribution in [0.4, 0.5) is 0 Å². The maximum Gasteiger partial charge on any atom is 0.172 e. The second kappa shape index (κ2) is 8.84. The van der Waals surface area contributed by atoms with Crippen LogP contribution in [0.1, 0.15) is 71.1 Å². The van der Waals surface area contributed by atoms with Gasteiger partial charge in [0, 0.05) is 6.61 Å². The molecule has 0 aliphatic heterocycles. The van der Waals surface area contributed by atoms with Gasteiger partial charge in [-0.2, -0.15) is 0 Å². The standard InChI is InChI=1S/C17H31BO/c1-2-19-15-9-14-18(16-10-5-3-6-11-16)17-12-7-4-8-13-17/h9,14,16-17H,2-8,10-13,15H2,1H3/b14-9+. The highest BCUT2D eigenvalue weighted by molar-refractivity contribution is 6.67. The lowest BCUT2D eigenvalue weighted by Crippen LogP contribution is -2.28. The Morgan fingerprint density at radius 3 is 1.89 bits per heavy atom. The Kier molecular flexibility index (Phi) is 7.05. The van der Waals surface area contributed by atoms with E-state index in [0.29, 0.717) is 0 Å².